The van der Waals surface area contributed by atoms with Crippen molar-refractivity contribution in [3.63, 3.8) is 0 Å². The van der Waals surface area contributed by atoms with E-state index in [9.17, 15) is 19.2 Å². The fraction of sp³-hybridized carbons (Fsp3) is 0.429. The number of hydrogen-bond acceptors (Lipinski definition) is 4. The Morgan fingerprint density at radius 1 is 1.00 bits per heavy atom. The number of benzene rings is 2. The minimum atomic E-state index is -0.685. The van der Waals surface area contributed by atoms with Crippen molar-refractivity contribution in [2.45, 2.75) is 70.5 Å². The zero-order chi connectivity index (χ0) is 25.7. The third-order valence-electron chi connectivity index (χ3n) is 7.07. The Kier molecular flexibility index (Phi) is 8.41. The Morgan fingerprint density at radius 3 is 2.25 bits per heavy atom. The number of imide groups is 1. The van der Waals surface area contributed by atoms with Gasteiger partial charge < -0.3 is 10.2 Å². The number of nitrogens with zero attached hydrogens (tertiary/aromatic N) is 2. The highest BCUT2D eigenvalue weighted by atomic mass is 35.5. The van der Waals surface area contributed by atoms with Crippen LogP contribution in [0.15, 0.2) is 48.5 Å². The van der Waals surface area contributed by atoms with Gasteiger partial charge in [0.05, 0.1) is 11.1 Å². The van der Waals surface area contributed by atoms with Gasteiger partial charge in [-0.1, -0.05) is 61.2 Å². The SMILES string of the molecule is C[C@H](C(=O)NC1CCCCC1)N(Cc1ccccc1Cl)C(=O)CCCN1C(=O)c2ccccc2C1=O. The summed E-state index contributed by atoms with van der Waals surface area (Å²) in [6, 6.07) is 13.4. The molecule has 8 heteroatoms. The lowest BCUT2D eigenvalue weighted by molar-refractivity contribution is -0.141. The maximum Gasteiger partial charge on any atom is 0.261 e. The number of carbonyl (C=O) groups is 4. The number of rotatable bonds is 9. The number of fused-ring (bicyclic) bond motifs is 1. The van der Waals surface area contributed by atoms with Crippen molar-refractivity contribution in [2.75, 3.05) is 6.54 Å². The van der Waals surface area contributed by atoms with E-state index in [0.717, 1.165) is 31.2 Å². The van der Waals surface area contributed by atoms with Crippen molar-refractivity contribution < 1.29 is 19.2 Å². The summed E-state index contributed by atoms with van der Waals surface area (Å²) in [7, 11) is 0. The summed E-state index contributed by atoms with van der Waals surface area (Å²) in [5.74, 6) is -1.08. The molecule has 1 heterocycles. The second-order valence-corrected chi connectivity index (χ2v) is 9.95. The summed E-state index contributed by atoms with van der Waals surface area (Å²) in [5.41, 5.74) is 1.54. The molecule has 0 saturated heterocycles. The molecule has 0 spiro atoms. The number of hydrogen-bond donors (Lipinski definition) is 1. The summed E-state index contributed by atoms with van der Waals surface area (Å²) >= 11 is 6.36. The van der Waals surface area contributed by atoms with Gasteiger partial charge in [0.1, 0.15) is 6.04 Å². The highest BCUT2D eigenvalue weighted by Crippen LogP contribution is 2.24. The van der Waals surface area contributed by atoms with Gasteiger partial charge in [-0.25, -0.2) is 0 Å². The average Bonchev–Trinajstić information content (AvgIpc) is 3.13. The molecule has 1 aliphatic carbocycles. The van der Waals surface area contributed by atoms with E-state index in [1.54, 1.807) is 42.2 Å². The molecular weight excluding hydrogens is 478 g/mol. The lowest BCUT2D eigenvalue weighted by atomic mass is 9.95. The van der Waals surface area contributed by atoms with E-state index in [-0.39, 0.29) is 49.2 Å². The van der Waals surface area contributed by atoms with Gasteiger partial charge >= 0.3 is 0 Å². The number of halogens is 1. The quantitative estimate of drug-likeness (QED) is 0.501. The molecule has 1 aliphatic heterocycles. The Hall–Kier alpha value is -3.19. The topological polar surface area (TPSA) is 86.8 Å². The smallest absolute Gasteiger partial charge is 0.261 e. The molecule has 0 radical (unpaired) electrons. The normalized spacial score (nSPS) is 16.6. The molecule has 4 amide bonds. The summed E-state index contributed by atoms with van der Waals surface area (Å²) in [6.07, 6.45) is 5.69. The zero-order valence-corrected chi connectivity index (χ0v) is 21.3. The van der Waals surface area contributed by atoms with Crippen LogP contribution in [0.2, 0.25) is 5.02 Å². The Bertz CT molecular complexity index is 1110. The number of amides is 4. The molecule has 1 fully saturated rings. The van der Waals surface area contributed by atoms with Crippen molar-refractivity contribution in [1.29, 1.82) is 0 Å². The van der Waals surface area contributed by atoms with Gasteiger partial charge in [-0.05, 0) is 49.9 Å². The second-order valence-electron chi connectivity index (χ2n) is 9.54. The van der Waals surface area contributed by atoms with Crippen molar-refractivity contribution in [3.05, 3.63) is 70.2 Å². The minimum absolute atomic E-state index is 0.0961. The third kappa shape index (κ3) is 5.78. The van der Waals surface area contributed by atoms with Gasteiger partial charge in [-0.15, -0.1) is 0 Å². The lowest BCUT2D eigenvalue weighted by Gasteiger charge is -2.31. The lowest BCUT2D eigenvalue weighted by Crippen LogP contribution is -2.50. The maximum atomic E-state index is 13.4. The molecule has 1 atom stereocenters. The van der Waals surface area contributed by atoms with Gasteiger partial charge in [-0.2, -0.15) is 0 Å². The van der Waals surface area contributed by atoms with Gasteiger partial charge in [-0.3, -0.25) is 24.1 Å². The summed E-state index contributed by atoms with van der Waals surface area (Å²) in [5, 5.41) is 3.64. The van der Waals surface area contributed by atoms with E-state index in [0.29, 0.717) is 22.6 Å². The summed E-state index contributed by atoms with van der Waals surface area (Å²) < 4.78 is 0. The minimum Gasteiger partial charge on any atom is -0.352 e. The van der Waals surface area contributed by atoms with Crippen LogP contribution in [0.1, 0.15) is 78.1 Å². The Balaban J connectivity index is 1.41. The van der Waals surface area contributed by atoms with Crippen molar-refractivity contribution >= 4 is 35.2 Å². The highest BCUT2D eigenvalue weighted by molar-refractivity contribution is 6.31. The first kappa shape index (κ1) is 25.9. The second kappa shape index (κ2) is 11.7. The first-order valence-electron chi connectivity index (χ1n) is 12.6. The van der Waals surface area contributed by atoms with Crippen LogP contribution in [0.25, 0.3) is 0 Å². The summed E-state index contributed by atoms with van der Waals surface area (Å²) in [4.78, 5) is 54.4. The van der Waals surface area contributed by atoms with E-state index in [2.05, 4.69) is 5.32 Å². The molecule has 0 aromatic heterocycles. The Morgan fingerprint density at radius 2 is 1.61 bits per heavy atom. The number of carbonyl (C=O) groups excluding carboxylic acids is 4. The average molecular weight is 510 g/mol. The molecule has 4 rings (SSSR count). The molecule has 0 bridgehead atoms. The Labute approximate surface area is 216 Å². The van der Waals surface area contributed by atoms with Gasteiger partial charge in [0.15, 0.2) is 0 Å². The predicted octanol–water partition coefficient (Wildman–Crippen LogP) is 4.58. The fourth-order valence-corrected chi connectivity index (χ4v) is 5.13. The molecule has 2 aromatic carbocycles. The number of nitrogens with one attached hydrogen (secondary N) is 1. The van der Waals surface area contributed by atoms with Crippen LogP contribution >= 0.6 is 11.6 Å². The predicted molar refractivity (Wildman–Crippen MR) is 138 cm³/mol. The molecule has 0 unspecified atom stereocenters. The molecule has 1 N–H and O–H groups in total. The van der Waals surface area contributed by atoms with Crippen LogP contribution in [-0.2, 0) is 16.1 Å². The largest absolute Gasteiger partial charge is 0.352 e. The van der Waals surface area contributed by atoms with Crippen LogP contribution in [0.3, 0.4) is 0 Å². The molecule has 2 aliphatic rings. The molecule has 7 nitrogen and oxygen atoms in total. The first-order valence-corrected chi connectivity index (χ1v) is 13.0. The highest BCUT2D eigenvalue weighted by Gasteiger charge is 2.35. The van der Waals surface area contributed by atoms with Crippen LogP contribution in [0.4, 0.5) is 0 Å². The summed E-state index contributed by atoms with van der Waals surface area (Å²) in [6.45, 7) is 2.07. The molecule has 190 valence electrons. The van der Waals surface area contributed by atoms with Crippen LogP contribution in [-0.4, -0.2) is 52.1 Å². The maximum absolute atomic E-state index is 13.4. The van der Waals surface area contributed by atoms with Gasteiger partial charge in [0.2, 0.25) is 11.8 Å². The molecule has 2 aromatic rings. The van der Waals surface area contributed by atoms with E-state index in [4.69, 9.17) is 11.6 Å². The van der Waals surface area contributed by atoms with E-state index in [1.165, 1.54) is 11.3 Å². The van der Waals surface area contributed by atoms with Crippen LogP contribution in [0, 0.1) is 0 Å². The van der Waals surface area contributed by atoms with Crippen molar-refractivity contribution in [2.24, 2.45) is 0 Å². The monoisotopic (exact) mass is 509 g/mol. The molecule has 36 heavy (non-hydrogen) atoms. The van der Waals surface area contributed by atoms with Gasteiger partial charge in [0, 0.05) is 30.6 Å². The van der Waals surface area contributed by atoms with Gasteiger partial charge in [0.25, 0.3) is 11.8 Å². The standard InChI is InChI=1S/C28H32ClN3O4/c1-19(26(34)30-21-11-3-2-4-12-21)32(18-20-10-5-8-15-24(20)29)25(33)16-9-17-31-27(35)22-13-6-7-14-23(22)28(31)36/h5-8,10,13-15,19,21H,2-4,9,11-12,16-18H2,1H3,(H,30,34)/t19-/m1/s1. The molecule has 1 saturated carbocycles. The third-order valence-corrected chi connectivity index (χ3v) is 7.44. The first-order chi connectivity index (χ1) is 17.4. The van der Waals surface area contributed by atoms with E-state index >= 15 is 0 Å². The zero-order valence-electron chi connectivity index (χ0n) is 20.5. The fourth-order valence-electron chi connectivity index (χ4n) is 4.94. The van der Waals surface area contributed by atoms with Crippen LogP contribution in [0.5, 0.6) is 0 Å². The van der Waals surface area contributed by atoms with E-state index in [1.807, 2.05) is 18.2 Å². The van der Waals surface area contributed by atoms with Crippen molar-refractivity contribution in [3.8, 4) is 0 Å². The van der Waals surface area contributed by atoms with Crippen molar-refractivity contribution in [1.82, 2.24) is 15.1 Å². The van der Waals surface area contributed by atoms with Crippen LogP contribution < -0.4 is 5.32 Å². The van der Waals surface area contributed by atoms with E-state index < -0.39 is 6.04 Å². The molecular formula is C28H32ClN3O4.